The summed E-state index contributed by atoms with van der Waals surface area (Å²) in [5.41, 5.74) is -3.63. The molecule has 0 aliphatic heterocycles. The van der Waals surface area contributed by atoms with Crippen molar-refractivity contribution >= 4 is 0 Å². The van der Waals surface area contributed by atoms with E-state index < -0.39 is 29.6 Å². The summed E-state index contributed by atoms with van der Waals surface area (Å²) in [6.07, 6.45) is -10.0. The Labute approximate surface area is 114 Å². The van der Waals surface area contributed by atoms with Crippen LogP contribution in [0.3, 0.4) is 0 Å². The minimum atomic E-state index is -5.02. The van der Waals surface area contributed by atoms with Gasteiger partial charge in [0.05, 0.1) is 0 Å². The van der Waals surface area contributed by atoms with Crippen LogP contribution >= 0.6 is 0 Å². The molecule has 1 aromatic carbocycles. The zero-order chi connectivity index (χ0) is 15.8. The monoisotopic (exact) mass is 309 g/mol. The van der Waals surface area contributed by atoms with Gasteiger partial charge < -0.3 is 0 Å². The van der Waals surface area contributed by atoms with Crippen LogP contribution in [0.15, 0.2) is 36.4 Å². The highest BCUT2D eigenvalue weighted by molar-refractivity contribution is 5.64. The molecule has 2 rings (SSSR count). The molecule has 0 bridgehead atoms. The van der Waals surface area contributed by atoms with Crippen LogP contribution < -0.4 is 0 Å². The van der Waals surface area contributed by atoms with Crippen LogP contribution in [0.2, 0.25) is 0 Å². The van der Waals surface area contributed by atoms with Crippen molar-refractivity contribution in [3.8, 4) is 11.1 Å². The van der Waals surface area contributed by atoms with Gasteiger partial charge in [0.25, 0.3) is 0 Å². The van der Waals surface area contributed by atoms with Gasteiger partial charge in [0.15, 0.2) is 0 Å². The summed E-state index contributed by atoms with van der Waals surface area (Å²) >= 11 is 0. The largest absolute Gasteiger partial charge is 0.433 e. The highest BCUT2D eigenvalue weighted by Crippen LogP contribution is 2.36. The highest BCUT2D eigenvalue weighted by atomic mass is 19.4. The Morgan fingerprint density at radius 2 is 1.10 bits per heavy atom. The van der Waals surface area contributed by atoms with Crippen molar-refractivity contribution < 1.29 is 30.7 Å². The average Bonchev–Trinajstić information content (AvgIpc) is 2.37. The van der Waals surface area contributed by atoms with E-state index in [0.29, 0.717) is 12.1 Å². The SMILES string of the molecule is Fc1ccc(-c2cc(C(F)(F)F)nc(C(F)(F)F)c2)cc1. The Hall–Kier alpha value is -2.12. The summed E-state index contributed by atoms with van der Waals surface area (Å²) in [6.45, 7) is 0. The van der Waals surface area contributed by atoms with E-state index in [-0.39, 0.29) is 11.1 Å². The molecule has 8 heteroatoms. The molecule has 0 aliphatic rings. The minimum absolute atomic E-state index is 0.0230. The predicted molar refractivity (Wildman–Crippen MR) is 59.6 cm³/mol. The summed E-state index contributed by atoms with van der Waals surface area (Å²) in [7, 11) is 0. The zero-order valence-corrected chi connectivity index (χ0v) is 10.1. The first-order valence-corrected chi connectivity index (χ1v) is 5.50. The number of aromatic nitrogens is 1. The molecule has 0 saturated carbocycles. The Bertz CT molecular complexity index is 609. The lowest BCUT2D eigenvalue weighted by Gasteiger charge is -2.13. The Kier molecular flexibility index (Phi) is 3.65. The van der Waals surface area contributed by atoms with Crippen molar-refractivity contribution in [3.63, 3.8) is 0 Å². The number of pyridine rings is 1. The predicted octanol–water partition coefficient (Wildman–Crippen LogP) is 4.93. The summed E-state index contributed by atoms with van der Waals surface area (Å²) in [5.74, 6) is -0.653. The maximum atomic E-state index is 12.8. The van der Waals surface area contributed by atoms with E-state index in [0.717, 1.165) is 24.3 Å². The molecule has 0 atom stereocenters. The zero-order valence-electron chi connectivity index (χ0n) is 10.1. The smallest absolute Gasteiger partial charge is 0.239 e. The quantitative estimate of drug-likeness (QED) is 0.681. The summed E-state index contributed by atoms with van der Waals surface area (Å²) < 4.78 is 88.5. The van der Waals surface area contributed by atoms with Crippen LogP contribution in [-0.4, -0.2) is 4.98 Å². The summed E-state index contributed by atoms with van der Waals surface area (Å²) in [4.78, 5) is 2.59. The van der Waals surface area contributed by atoms with Crippen molar-refractivity contribution in [2.45, 2.75) is 12.4 Å². The molecule has 1 aromatic heterocycles. The van der Waals surface area contributed by atoms with Gasteiger partial charge in [-0.05, 0) is 35.4 Å². The van der Waals surface area contributed by atoms with Crippen LogP contribution in [-0.2, 0) is 12.4 Å². The van der Waals surface area contributed by atoms with Gasteiger partial charge in [-0.1, -0.05) is 12.1 Å². The fraction of sp³-hybridized carbons (Fsp3) is 0.154. The minimum Gasteiger partial charge on any atom is -0.239 e. The number of hydrogen-bond donors (Lipinski definition) is 0. The van der Waals surface area contributed by atoms with E-state index in [2.05, 4.69) is 4.98 Å². The van der Waals surface area contributed by atoms with Gasteiger partial charge in [-0.3, -0.25) is 0 Å². The number of rotatable bonds is 1. The summed E-state index contributed by atoms with van der Waals surface area (Å²) in [6, 6.07) is 5.04. The molecule has 1 heterocycles. The molecular formula is C13H6F7N. The van der Waals surface area contributed by atoms with Crippen molar-refractivity contribution in [1.29, 1.82) is 0 Å². The molecule has 0 aliphatic carbocycles. The van der Waals surface area contributed by atoms with Gasteiger partial charge in [-0.15, -0.1) is 0 Å². The van der Waals surface area contributed by atoms with Gasteiger partial charge in [0, 0.05) is 0 Å². The van der Waals surface area contributed by atoms with Crippen LogP contribution in [0.4, 0.5) is 30.7 Å². The van der Waals surface area contributed by atoms with Crippen molar-refractivity contribution in [2.24, 2.45) is 0 Å². The van der Waals surface area contributed by atoms with E-state index in [1.807, 2.05) is 0 Å². The average molecular weight is 309 g/mol. The lowest BCUT2D eigenvalue weighted by Crippen LogP contribution is -2.15. The maximum Gasteiger partial charge on any atom is 0.433 e. The molecular weight excluding hydrogens is 303 g/mol. The standard InChI is InChI=1S/C13H6F7N/c14-9-3-1-7(2-4-9)8-5-10(12(15,16)17)21-11(6-8)13(18,19)20/h1-6H. The molecule has 0 radical (unpaired) electrons. The number of halogens is 7. The third-order valence-electron chi connectivity index (χ3n) is 2.58. The Balaban J connectivity index is 2.63. The van der Waals surface area contributed by atoms with E-state index in [1.54, 1.807) is 0 Å². The normalized spacial score (nSPS) is 12.5. The molecule has 0 saturated heterocycles. The topological polar surface area (TPSA) is 12.9 Å². The van der Waals surface area contributed by atoms with Gasteiger partial charge in [-0.25, -0.2) is 9.37 Å². The third-order valence-corrected chi connectivity index (χ3v) is 2.58. The number of nitrogens with zero attached hydrogens (tertiary/aromatic N) is 1. The molecule has 0 fully saturated rings. The van der Waals surface area contributed by atoms with Crippen molar-refractivity contribution in [1.82, 2.24) is 4.98 Å². The maximum absolute atomic E-state index is 12.8. The van der Waals surface area contributed by atoms with E-state index in [1.165, 1.54) is 0 Å². The number of hydrogen-bond acceptors (Lipinski definition) is 1. The molecule has 112 valence electrons. The lowest BCUT2D eigenvalue weighted by atomic mass is 10.0. The van der Waals surface area contributed by atoms with Crippen molar-refractivity contribution in [3.05, 3.63) is 53.6 Å². The van der Waals surface area contributed by atoms with Gasteiger partial charge in [-0.2, -0.15) is 26.3 Å². The summed E-state index contributed by atoms with van der Waals surface area (Å²) in [5, 5.41) is 0. The molecule has 21 heavy (non-hydrogen) atoms. The second-order valence-corrected chi connectivity index (χ2v) is 4.13. The van der Waals surface area contributed by atoms with Gasteiger partial charge in [0.2, 0.25) is 0 Å². The first-order valence-electron chi connectivity index (χ1n) is 5.50. The van der Waals surface area contributed by atoms with Crippen LogP contribution in [0, 0.1) is 5.82 Å². The second-order valence-electron chi connectivity index (χ2n) is 4.13. The van der Waals surface area contributed by atoms with E-state index in [4.69, 9.17) is 0 Å². The highest BCUT2D eigenvalue weighted by Gasteiger charge is 2.38. The first-order chi connectivity index (χ1) is 9.57. The van der Waals surface area contributed by atoms with E-state index in [9.17, 15) is 30.7 Å². The molecule has 0 amide bonds. The lowest BCUT2D eigenvalue weighted by molar-refractivity contribution is -0.150. The van der Waals surface area contributed by atoms with Gasteiger partial charge in [0.1, 0.15) is 17.2 Å². The number of benzene rings is 1. The van der Waals surface area contributed by atoms with Crippen LogP contribution in [0.1, 0.15) is 11.4 Å². The Morgan fingerprint density at radius 3 is 1.48 bits per heavy atom. The van der Waals surface area contributed by atoms with Crippen LogP contribution in [0.5, 0.6) is 0 Å². The Morgan fingerprint density at radius 1 is 0.667 bits per heavy atom. The molecule has 0 N–H and O–H groups in total. The molecule has 0 unspecified atom stereocenters. The van der Waals surface area contributed by atoms with Crippen LogP contribution in [0.25, 0.3) is 11.1 Å². The molecule has 0 spiro atoms. The molecule has 1 nitrogen and oxygen atoms in total. The third kappa shape index (κ3) is 3.50. The molecule has 2 aromatic rings. The number of alkyl halides is 6. The first kappa shape index (κ1) is 15.3. The van der Waals surface area contributed by atoms with Crippen molar-refractivity contribution in [2.75, 3.05) is 0 Å². The van der Waals surface area contributed by atoms with E-state index >= 15 is 0 Å². The second kappa shape index (κ2) is 5.01. The van der Waals surface area contributed by atoms with Gasteiger partial charge >= 0.3 is 12.4 Å². The fourth-order valence-electron chi connectivity index (χ4n) is 1.63. The fourth-order valence-corrected chi connectivity index (χ4v) is 1.63.